The molecule has 0 aliphatic heterocycles. The van der Waals surface area contributed by atoms with Gasteiger partial charge in [0.2, 0.25) is 0 Å². The predicted molar refractivity (Wildman–Crippen MR) is 86.7 cm³/mol. The van der Waals surface area contributed by atoms with Crippen LogP contribution in [0.3, 0.4) is 0 Å². The van der Waals surface area contributed by atoms with Gasteiger partial charge in [-0.15, -0.1) is 11.3 Å². The van der Waals surface area contributed by atoms with Gasteiger partial charge in [0.25, 0.3) is 0 Å². The molecule has 3 nitrogen and oxygen atoms in total. The number of carboxylic acid groups (broad SMARTS) is 1. The summed E-state index contributed by atoms with van der Waals surface area (Å²) in [5, 5.41) is 21.9. The first-order chi connectivity index (χ1) is 9.34. The van der Waals surface area contributed by atoms with Crippen molar-refractivity contribution < 1.29 is 15.0 Å². The maximum absolute atomic E-state index is 11.5. The van der Waals surface area contributed by atoms with Gasteiger partial charge in [-0.2, -0.15) is 0 Å². The van der Waals surface area contributed by atoms with Gasteiger partial charge in [0.1, 0.15) is 6.10 Å². The maximum atomic E-state index is 11.5. The van der Waals surface area contributed by atoms with Crippen LogP contribution in [0, 0.1) is 13.8 Å². The summed E-state index contributed by atoms with van der Waals surface area (Å²) < 4.78 is 1.60. The normalized spacial score (nSPS) is 12.4. The minimum absolute atomic E-state index is 0.175. The van der Waals surface area contributed by atoms with E-state index in [-0.39, 0.29) is 5.56 Å². The summed E-state index contributed by atoms with van der Waals surface area (Å²) in [5.41, 5.74) is 2.03. The van der Waals surface area contributed by atoms with E-state index >= 15 is 0 Å². The first-order valence-electron chi connectivity index (χ1n) is 5.78. The summed E-state index contributed by atoms with van der Waals surface area (Å²) in [6.07, 6.45) is -0.966. The Labute approximate surface area is 137 Å². The molecule has 2 N–H and O–H groups in total. The van der Waals surface area contributed by atoms with E-state index in [0.717, 1.165) is 14.5 Å². The second-order valence-corrected chi connectivity index (χ2v) is 7.02. The lowest BCUT2D eigenvalue weighted by atomic mass is 9.92. The van der Waals surface area contributed by atoms with Crippen LogP contribution in [-0.4, -0.2) is 16.2 Å². The van der Waals surface area contributed by atoms with E-state index in [1.54, 1.807) is 19.9 Å². The number of carbonyl (C=O) groups is 1. The van der Waals surface area contributed by atoms with Gasteiger partial charge in [0, 0.05) is 19.9 Å². The lowest BCUT2D eigenvalue weighted by molar-refractivity contribution is 0.0690. The third kappa shape index (κ3) is 2.70. The SMILES string of the molecule is Cc1ccc(C)c(C(O)c2scc(Br)c2Br)c1C(=O)O. The quantitative estimate of drug-likeness (QED) is 0.759. The average Bonchev–Trinajstić information content (AvgIpc) is 2.71. The van der Waals surface area contributed by atoms with Crippen molar-refractivity contribution in [1.29, 1.82) is 0 Å². The van der Waals surface area contributed by atoms with Gasteiger partial charge < -0.3 is 10.2 Å². The second kappa shape index (κ2) is 5.97. The Hall–Kier alpha value is -0.690. The number of aromatic carboxylic acids is 1. The Morgan fingerprint density at radius 3 is 2.35 bits per heavy atom. The number of aliphatic hydroxyl groups excluding tert-OH is 1. The summed E-state index contributed by atoms with van der Waals surface area (Å²) in [7, 11) is 0. The van der Waals surface area contributed by atoms with Gasteiger partial charge in [0.15, 0.2) is 0 Å². The number of aryl methyl sites for hydroxylation is 2. The fourth-order valence-corrected chi connectivity index (χ4v) is 4.32. The van der Waals surface area contributed by atoms with Crippen molar-refractivity contribution in [1.82, 2.24) is 0 Å². The number of benzene rings is 1. The molecule has 0 amide bonds. The molecule has 1 aromatic heterocycles. The Balaban J connectivity index is 2.66. The molecule has 0 aliphatic rings. The van der Waals surface area contributed by atoms with Crippen molar-refractivity contribution in [3.05, 3.63) is 53.6 Å². The Morgan fingerprint density at radius 1 is 1.25 bits per heavy atom. The molecule has 1 heterocycles. The number of halogens is 2. The van der Waals surface area contributed by atoms with E-state index in [9.17, 15) is 15.0 Å². The molecule has 0 fully saturated rings. The van der Waals surface area contributed by atoms with Gasteiger partial charge >= 0.3 is 5.97 Å². The monoisotopic (exact) mass is 418 g/mol. The summed E-state index contributed by atoms with van der Waals surface area (Å²) in [6, 6.07) is 3.59. The third-order valence-corrected chi connectivity index (χ3v) is 6.74. The third-order valence-electron chi connectivity index (χ3n) is 3.12. The van der Waals surface area contributed by atoms with Crippen molar-refractivity contribution in [2.24, 2.45) is 0 Å². The van der Waals surface area contributed by atoms with Crippen molar-refractivity contribution in [3.63, 3.8) is 0 Å². The zero-order chi connectivity index (χ0) is 15.0. The summed E-state index contributed by atoms with van der Waals surface area (Å²) in [6.45, 7) is 3.54. The highest BCUT2D eigenvalue weighted by Gasteiger charge is 2.25. The largest absolute Gasteiger partial charge is 0.478 e. The van der Waals surface area contributed by atoms with Crippen molar-refractivity contribution in [2.75, 3.05) is 0 Å². The van der Waals surface area contributed by atoms with Crippen LogP contribution in [0.2, 0.25) is 0 Å². The topological polar surface area (TPSA) is 57.5 Å². The highest BCUT2D eigenvalue weighted by molar-refractivity contribution is 9.13. The first-order valence-corrected chi connectivity index (χ1v) is 8.25. The Morgan fingerprint density at radius 2 is 1.85 bits per heavy atom. The highest BCUT2D eigenvalue weighted by Crippen LogP contribution is 2.40. The van der Waals surface area contributed by atoms with Crippen LogP contribution < -0.4 is 0 Å². The zero-order valence-corrected chi connectivity index (χ0v) is 14.8. The van der Waals surface area contributed by atoms with Crippen molar-refractivity contribution >= 4 is 49.2 Å². The lowest BCUT2D eigenvalue weighted by Gasteiger charge is -2.17. The molecule has 0 aliphatic carbocycles. The van der Waals surface area contributed by atoms with Crippen LogP contribution in [-0.2, 0) is 0 Å². The van der Waals surface area contributed by atoms with E-state index in [1.807, 2.05) is 11.4 Å². The number of rotatable bonds is 3. The molecule has 0 spiro atoms. The zero-order valence-electron chi connectivity index (χ0n) is 10.8. The minimum atomic E-state index is -1.02. The van der Waals surface area contributed by atoms with Crippen LogP contribution in [0.15, 0.2) is 26.5 Å². The van der Waals surface area contributed by atoms with Gasteiger partial charge in [-0.25, -0.2) is 4.79 Å². The van der Waals surface area contributed by atoms with E-state index in [4.69, 9.17) is 0 Å². The number of aliphatic hydroxyl groups is 1. The number of hydrogen-bond donors (Lipinski definition) is 2. The molecule has 106 valence electrons. The van der Waals surface area contributed by atoms with Gasteiger partial charge in [0.05, 0.1) is 10.4 Å². The van der Waals surface area contributed by atoms with E-state index in [1.165, 1.54) is 11.3 Å². The molecule has 1 atom stereocenters. The number of thiophene rings is 1. The molecule has 0 bridgehead atoms. The van der Waals surface area contributed by atoms with Crippen LogP contribution in [0.5, 0.6) is 0 Å². The molecule has 2 rings (SSSR count). The molecule has 0 saturated heterocycles. The van der Waals surface area contributed by atoms with Crippen LogP contribution in [0.4, 0.5) is 0 Å². The average molecular weight is 420 g/mol. The predicted octanol–water partition coefficient (Wildman–Crippen LogP) is 4.67. The van der Waals surface area contributed by atoms with Crippen LogP contribution >= 0.6 is 43.2 Å². The summed E-state index contributed by atoms with van der Waals surface area (Å²) in [4.78, 5) is 12.2. The minimum Gasteiger partial charge on any atom is -0.478 e. The molecule has 6 heteroatoms. The van der Waals surface area contributed by atoms with E-state index < -0.39 is 12.1 Å². The summed E-state index contributed by atoms with van der Waals surface area (Å²) >= 11 is 8.16. The van der Waals surface area contributed by atoms with Crippen molar-refractivity contribution in [3.8, 4) is 0 Å². The molecule has 0 saturated carbocycles. The van der Waals surface area contributed by atoms with Crippen LogP contribution in [0.25, 0.3) is 0 Å². The Kier molecular flexibility index (Phi) is 4.69. The second-order valence-electron chi connectivity index (χ2n) is 4.46. The molecule has 1 aromatic carbocycles. The fraction of sp³-hybridized carbons (Fsp3) is 0.214. The Bertz CT molecular complexity index is 679. The maximum Gasteiger partial charge on any atom is 0.336 e. The van der Waals surface area contributed by atoms with Crippen molar-refractivity contribution in [2.45, 2.75) is 20.0 Å². The fourth-order valence-electron chi connectivity index (χ4n) is 2.12. The molecule has 0 radical (unpaired) electrons. The highest BCUT2D eigenvalue weighted by atomic mass is 79.9. The van der Waals surface area contributed by atoms with Gasteiger partial charge in [-0.05, 0) is 56.8 Å². The van der Waals surface area contributed by atoms with Gasteiger partial charge in [-0.1, -0.05) is 12.1 Å². The van der Waals surface area contributed by atoms with E-state index in [0.29, 0.717) is 16.0 Å². The smallest absolute Gasteiger partial charge is 0.336 e. The van der Waals surface area contributed by atoms with E-state index in [2.05, 4.69) is 31.9 Å². The molecule has 20 heavy (non-hydrogen) atoms. The van der Waals surface area contributed by atoms with Crippen LogP contribution in [0.1, 0.15) is 38.0 Å². The molecule has 1 unspecified atom stereocenters. The standard InChI is InChI=1S/C14H12Br2O3S/c1-6-3-4-7(2)10(14(18)19)9(6)12(17)13-11(16)8(15)5-20-13/h3-5,12,17H,1-2H3,(H,18,19). The molecular weight excluding hydrogens is 408 g/mol. The summed E-state index contributed by atoms with van der Waals surface area (Å²) in [5.74, 6) is -1.02. The lowest BCUT2D eigenvalue weighted by Crippen LogP contribution is -2.12. The molecule has 2 aromatic rings. The first kappa shape index (κ1) is 15.7. The van der Waals surface area contributed by atoms with Gasteiger partial charge in [-0.3, -0.25) is 0 Å². The number of hydrogen-bond acceptors (Lipinski definition) is 3. The number of carboxylic acids is 1. The molecular formula is C14H12Br2O3S.